The first kappa shape index (κ1) is 13.3. The molecule has 0 amide bonds. The first-order valence-electron chi connectivity index (χ1n) is 7.23. The smallest absolute Gasteiger partial charge is 0.231 e. The molecule has 22 heavy (non-hydrogen) atoms. The molecule has 4 rings (SSSR count). The molecule has 2 aliphatic heterocycles. The van der Waals surface area contributed by atoms with Crippen LogP contribution in [0.5, 0.6) is 23.0 Å². The van der Waals surface area contributed by atoms with Crippen LogP contribution in [0, 0.1) is 0 Å². The average molecular weight is 299 g/mol. The van der Waals surface area contributed by atoms with E-state index in [1.807, 2.05) is 24.3 Å². The van der Waals surface area contributed by atoms with Gasteiger partial charge in [0.25, 0.3) is 0 Å². The van der Waals surface area contributed by atoms with E-state index in [0.29, 0.717) is 6.73 Å². The minimum Gasteiger partial charge on any atom is -0.497 e. The molecule has 0 radical (unpaired) electrons. The molecule has 0 fully saturated rings. The molecule has 2 heterocycles. The van der Waals surface area contributed by atoms with Gasteiger partial charge in [0.2, 0.25) is 6.79 Å². The van der Waals surface area contributed by atoms with Crippen molar-refractivity contribution >= 4 is 0 Å². The van der Waals surface area contributed by atoms with Gasteiger partial charge in [-0.25, -0.2) is 0 Å². The van der Waals surface area contributed by atoms with E-state index < -0.39 is 0 Å². The molecular formula is C17H17NO4. The number of methoxy groups -OCH3 is 1. The van der Waals surface area contributed by atoms with Crippen molar-refractivity contribution in [2.45, 2.75) is 13.1 Å². The Bertz CT molecular complexity index is 684. The molecule has 0 spiro atoms. The number of fused-ring (bicyclic) bond motifs is 3. The van der Waals surface area contributed by atoms with E-state index in [1.165, 1.54) is 5.56 Å². The highest BCUT2D eigenvalue weighted by molar-refractivity contribution is 5.55. The molecule has 0 saturated heterocycles. The predicted molar refractivity (Wildman–Crippen MR) is 80.3 cm³/mol. The van der Waals surface area contributed by atoms with Crippen molar-refractivity contribution < 1.29 is 18.9 Å². The van der Waals surface area contributed by atoms with Crippen LogP contribution >= 0.6 is 0 Å². The standard InChI is InChI=1S/C17H17NO4/c1-19-13-4-2-12(3-5-13)8-18-9-14-15(20-10-18)6-7-16-17(14)22-11-21-16/h2-7H,8-11H2,1H3. The van der Waals surface area contributed by atoms with E-state index in [1.54, 1.807) is 7.11 Å². The minimum atomic E-state index is 0.282. The van der Waals surface area contributed by atoms with Gasteiger partial charge in [0.1, 0.15) is 18.2 Å². The second-order valence-electron chi connectivity index (χ2n) is 5.38. The Morgan fingerprint density at radius 1 is 1.00 bits per heavy atom. The number of nitrogens with zero attached hydrogens (tertiary/aromatic N) is 1. The van der Waals surface area contributed by atoms with Crippen molar-refractivity contribution in [3.05, 3.63) is 47.5 Å². The van der Waals surface area contributed by atoms with Gasteiger partial charge in [0.05, 0.1) is 12.7 Å². The third kappa shape index (κ3) is 2.33. The van der Waals surface area contributed by atoms with E-state index in [2.05, 4.69) is 17.0 Å². The molecule has 0 bridgehead atoms. The van der Waals surface area contributed by atoms with E-state index >= 15 is 0 Å². The Labute approximate surface area is 129 Å². The third-order valence-corrected chi connectivity index (χ3v) is 3.95. The van der Waals surface area contributed by atoms with Crippen molar-refractivity contribution in [3.8, 4) is 23.0 Å². The zero-order valence-electron chi connectivity index (χ0n) is 12.4. The van der Waals surface area contributed by atoms with E-state index in [9.17, 15) is 0 Å². The largest absolute Gasteiger partial charge is 0.497 e. The SMILES string of the molecule is COc1ccc(CN2COc3ccc4c(c3C2)OCO4)cc1. The number of rotatable bonds is 3. The van der Waals surface area contributed by atoms with Gasteiger partial charge >= 0.3 is 0 Å². The molecule has 2 aromatic rings. The minimum absolute atomic E-state index is 0.282. The fourth-order valence-electron chi connectivity index (χ4n) is 2.82. The first-order valence-corrected chi connectivity index (χ1v) is 7.23. The van der Waals surface area contributed by atoms with Gasteiger partial charge in [-0.05, 0) is 29.8 Å². The summed E-state index contributed by atoms with van der Waals surface area (Å²) in [4.78, 5) is 2.23. The fraction of sp³-hybridized carbons (Fsp3) is 0.294. The van der Waals surface area contributed by atoms with Crippen molar-refractivity contribution in [1.82, 2.24) is 4.90 Å². The average Bonchev–Trinajstić information content (AvgIpc) is 3.05. The zero-order valence-corrected chi connectivity index (χ0v) is 12.4. The highest BCUT2D eigenvalue weighted by atomic mass is 16.7. The van der Waals surface area contributed by atoms with Gasteiger partial charge in [-0.2, -0.15) is 0 Å². The van der Waals surface area contributed by atoms with Crippen molar-refractivity contribution in [3.63, 3.8) is 0 Å². The molecule has 0 saturated carbocycles. The molecule has 114 valence electrons. The highest BCUT2D eigenvalue weighted by Crippen LogP contribution is 2.42. The maximum atomic E-state index is 5.84. The molecule has 2 aliphatic rings. The lowest BCUT2D eigenvalue weighted by molar-refractivity contribution is 0.0862. The molecule has 0 N–H and O–H groups in total. The summed E-state index contributed by atoms with van der Waals surface area (Å²) in [6, 6.07) is 12.0. The second-order valence-corrected chi connectivity index (χ2v) is 5.38. The lowest BCUT2D eigenvalue weighted by atomic mass is 10.1. The van der Waals surface area contributed by atoms with Crippen LogP contribution in [0.15, 0.2) is 36.4 Å². The summed E-state index contributed by atoms with van der Waals surface area (Å²) in [5.41, 5.74) is 2.28. The summed E-state index contributed by atoms with van der Waals surface area (Å²) < 4.78 is 22.0. The highest BCUT2D eigenvalue weighted by Gasteiger charge is 2.26. The third-order valence-electron chi connectivity index (χ3n) is 3.95. The van der Waals surface area contributed by atoms with Crippen molar-refractivity contribution in [2.24, 2.45) is 0 Å². The molecule has 0 aliphatic carbocycles. The van der Waals surface area contributed by atoms with Gasteiger partial charge in [-0.1, -0.05) is 12.1 Å². The van der Waals surface area contributed by atoms with Gasteiger partial charge in [-0.3, -0.25) is 4.90 Å². The Balaban J connectivity index is 1.53. The second kappa shape index (κ2) is 5.42. The topological polar surface area (TPSA) is 40.2 Å². The Hall–Kier alpha value is -2.40. The predicted octanol–water partition coefficient (Wildman–Crippen LogP) is 2.78. The molecule has 0 aromatic heterocycles. The van der Waals surface area contributed by atoms with Crippen LogP contribution in [-0.4, -0.2) is 25.5 Å². The number of ether oxygens (including phenoxy) is 4. The lowest BCUT2D eigenvalue weighted by Gasteiger charge is -2.29. The summed E-state index contributed by atoms with van der Waals surface area (Å²) >= 11 is 0. The Morgan fingerprint density at radius 2 is 1.82 bits per heavy atom. The zero-order chi connectivity index (χ0) is 14.9. The maximum absolute atomic E-state index is 5.84. The number of hydrogen-bond donors (Lipinski definition) is 0. The maximum Gasteiger partial charge on any atom is 0.231 e. The summed E-state index contributed by atoms with van der Waals surface area (Å²) in [7, 11) is 1.67. The van der Waals surface area contributed by atoms with E-state index in [0.717, 1.165) is 41.7 Å². The molecule has 2 aromatic carbocycles. The van der Waals surface area contributed by atoms with Crippen LogP contribution in [0.1, 0.15) is 11.1 Å². The molecule has 0 atom stereocenters. The number of hydrogen-bond acceptors (Lipinski definition) is 5. The van der Waals surface area contributed by atoms with Gasteiger partial charge in [-0.15, -0.1) is 0 Å². The van der Waals surface area contributed by atoms with Crippen LogP contribution < -0.4 is 18.9 Å². The number of benzene rings is 2. The monoisotopic (exact) mass is 299 g/mol. The van der Waals surface area contributed by atoms with Crippen molar-refractivity contribution in [2.75, 3.05) is 20.6 Å². The lowest BCUT2D eigenvalue weighted by Crippen LogP contribution is -2.31. The van der Waals surface area contributed by atoms with Crippen LogP contribution in [0.4, 0.5) is 0 Å². The van der Waals surface area contributed by atoms with Gasteiger partial charge < -0.3 is 18.9 Å². The summed E-state index contributed by atoms with van der Waals surface area (Å²) in [6.07, 6.45) is 0. The Morgan fingerprint density at radius 3 is 2.64 bits per heavy atom. The van der Waals surface area contributed by atoms with E-state index in [4.69, 9.17) is 18.9 Å². The van der Waals surface area contributed by atoms with E-state index in [-0.39, 0.29) is 6.79 Å². The van der Waals surface area contributed by atoms with Crippen LogP contribution in [-0.2, 0) is 13.1 Å². The molecular weight excluding hydrogens is 282 g/mol. The molecule has 5 nitrogen and oxygen atoms in total. The van der Waals surface area contributed by atoms with Crippen LogP contribution in [0.25, 0.3) is 0 Å². The first-order chi connectivity index (χ1) is 10.8. The van der Waals surface area contributed by atoms with Crippen molar-refractivity contribution in [1.29, 1.82) is 0 Å². The summed E-state index contributed by atoms with van der Waals surface area (Å²) in [5, 5.41) is 0. The normalized spacial score (nSPS) is 16.0. The fourth-order valence-corrected chi connectivity index (χ4v) is 2.82. The van der Waals surface area contributed by atoms with Crippen LogP contribution in [0.2, 0.25) is 0 Å². The summed E-state index contributed by atoms with van der Waals surface area (Å²) in [6.45, 7) is 2.45. The molecule has 0 unspecified atom stereocenters. The van der Waals surface area contributed by atoms with Gasteiger partial charge in [0, 0.05) is 13.1 Å². The van der Waals surface area contributed by atoms with Gasteiger partial charge in [0.15, 0.2) is 11.5 Å². The quantitative estimate of drug-likeness (QED) is 0.871. The summed E-state index contributed by atoms with van der Waals surface area (Å²) in [5.74, 6) is 3.37. The molecule has 5 heteroatoms. The Kier molecular flexibility index (Phi) is 3.27. The van der Waals surface area contributed by atoms with Crippen LogP contribution in [0.3, 0.4) is 0 Å².